The summed E-state index contributed by atoms with van der Waals surface area (Å²) in [6.45, 7) is 4.35. The second-order valence-electron chi connectivity index (χ2n) is 7.87. The van der Waals surface area contributed by atoms with Gasteiger partial charge in [-0.25, -0.2) is 4.98 Å². The topological polar surface area (TPSA) is 97.9 Å². The van der Waals surface area contributed by atoms with Crippen molar-refractivity contribution < 1.29 is 19.4 Å². The summed E-state index contributed by atoms with van der Waals surface area (Å²) in [7, 11) is 0. The molecule has 3 rings (SSSR count). The molecule has 0 saturated carbocycles. The van der Waals surface area contributed by atoms with Gasteiger partial charge in [0.1, 0.15) is 18.5 Å². The first-order chi connectivity index (χ1) is 16.0. The molecule has 8 heteroatoms. The van der Waals surface area contributed by atoms with Crippen LogP contribution in [0.25, 0.3) is 0 Å². The number of halogens is 1. The van der Waals surface area contributed by atoms with E-state index in [0.29, 0.717) is 49.9 Å². The van der Waals surface area contributed by atoms with E-state index in [1.807, 2.05) is 43.3 Å². The Balaban J connectivity index is 0.00000408. The van der Waals surface area contributed by atoms with Crippen molar-refractivity contribution in [1.82, 2.24) is 9.88 Å². The van der Waals surface area contributed by atoms with Gasteiger partial charge in [0, 0.05) is 31.4 Å². The van der Waals surface area contributed by atoms with Gasteiger partial charge in [-0.2, -0.15) is 0 Å². The van der Waals surface area contributed by atoms with Crippen molar-refractivity contribution in [1.29, 1.82) is 0 Å². The number of nitrogens with zero attached hydrogens (tertiary/aromatic N) is 2. The first kappa shape index (κ1) is 27.1. The molecule has 0 radical (unpaired) electrons. The Labute approximate surface area is 206 Å². The minimum Gasteiger partial charge on any atom is -0.493 e. The molecule has 0 aliphatic rings. The number of nitrogens with two attached hydrogens (primary N) is 1. The molecule has 0 fully saturated rings. The van der Waals surface area contributed by atoms with E-state index in [2.05, 4.69) is 22.0 Å². The number of hydrogen-bond acceptors (Lipinski definition) is 6. The van der Waals surface area contributed by atoms with Crippen molar-refractivity contribution in [2.75, 3.05) is 26.3 Å². The molecule has 1 amide bonds. The lowest BCUT2D eigenvalue weighted by atomic mass is 10.2. The molecule has 0 bridgehead atoms. The van der Waals surface area contributed by atoms with E-state index >= 15 is 0 Å². The van der Waals surface area contributed by atoms with Crippen molar-refractivity contribution in [2.45, 2.75) is 26.0 Å². The van der Waals surface area contributed by atoms with Crippen molar-refractivity contribution in [3.05, 3.63) is 89.6 Å². The molecule has 7 nitrogen and oxygen atoms in total. The van der Waals surface area contributed by atoms with Gasteiger partial charge in [-0.1, -0.05) is 48.5 Å². The van der Waals surface area contributed by atoms with Crippen LogP contribution in [0.5, 0.6) is 11.6 Å². The van der Waals surface area contributed by atoms with Crippen LogP contribution < -0.4 is 15.2 Å². The Morgan fingerprint density at radius 3 is 2.53 bits per heavy atom. The maximum atomic E-state index is 11.6. The minimum absolute atomic E-state index is 0. The minimum atomic E-state index is -0.674. The zero-order valence-corrected chi connectivity index (χ0v) is 20.1. The second kappa shape index (κ2) is 14.2. The van der Waals surface area contributed by atoms with Crippen molar-refractivity contribution in [3.8, 4) is 11.6 Å². The number of amides is 1. The van der Waals surface area contributed by atoms with E-state index < -0.39 is 12.0 Å². The van der Waals surface area contributed by atoms with Crippen LogP contribution in [-0.2, 0) is 6.54 Å². The summed E-state index contributed by atoms with van der Waals surface area (Å²) >= 11 is 0. The molecule has 0 saturated heterocycles. The van der Waals surface area contributed by atoms with Crippen LogP contribution in [0.4, 0.5) is 0 Å². The molecule has 182 valence electrons. The molecule has 2 aromatic carbocycles. The van der Waals surface area contributed by atoms with Gasteiger partial charge in [0.15, 0.2) is 0 Å². The molecule has 34 heavy (non-hydrogen) atoms. The fraction of sp³-hybridized carbons (Fsp3) is 0.308. The lowest BCUT2D eigenvalue weighted by Crippen LogP contribution is -2.36. The smallest absolute Gasteiger partial charge is 0.252 e. The van der Waals surface area contributed by atoms with E-state index in [0.717, 1.165) is 11.1 Å². The third-order valence-electron chi connectivity index (χ3n) is 5.12. The van der Waals surface area contributed by atoms with E-state index in [-0.39, 0.29) is 19.0 Å². The van der Waals surface area contributed by atoms with Gasteiger partial charge < -0.3 is 20.3 Å². The maximum absolute atomic E-state index is 11.6. The van der Waals surface area contributed by atoms with E-state index in [9.17, 15) is 9.90 Å². The molecular weight excluding hydrogens is 454 g/mol. The molecule has 0 aliphatic heterocycles. The Hall–Kier alpha value is -3.13. The van der Waals surface area contributed by atoms with Gasteiger partial charge in [-0.3, -0.25) is 9.69 Å². The molecule has 1 unspecified atom stereocenters. The fourth-order valence-electron chi connectivity index (χ4n) is 3.49. The molecule has 1 heterocycles. The monoisotopic (exact) mass is 485 g/mol. The lowest BCUT2D eigenvalue weighted by Gasteiger charge is -2.25. The summed E-state index contributed by atoms with van der Waals surface area (Å²) in [6.07, 6.45) is 1.71. The molecular formula is C26H32ClN3O4. The highest BCUT2D eigenvalue weighted by Crippen LogP contribution is 2.18. The summed E-state index contributed by atoms with van der Waals surface area (Å²) < 4.78 is 11.5. The highest BCUT2D eigenvalue weighted by atomic mass is 35.5. The molecule has 3 aromatic rings. The number of aliphatic hydroxyl groups is 1. The van der Waals surface area contributed by atoms with Crippen LogP contribution in [0.15, 0.2) is 72.9 Å². The lowest BCUT2D eigenvalue weighted by molar-refractivity contribution is 0.0618. The first-order valence-electron chi connectivity index (χ1n) is 11.0. The van der Waals surface area contributed by atoms with Crippen LogP contribution in [0.2, 0.25) is 0 Å². The molecule has 0 aliphatic carbocycles. The van der Waals surface area contributed by atoms with Crippen molar-refractivity contribution in [3.63, 3.8) is 0 Å². The SMILES string of the molecule is Cc1cccnc1OCC(O)CN(CCCOc1ccccc1C(N)=O)Cc1ccccc1.Cl. The Morgan fingerprint density at radius 1 is 1.06 bits per heavy atom. The zero-order chi connectivity index (χ0) is 23.5. The summed E-state index contributed by atoms with van der Waals surface area (Å²) in [5.41, 5.74) is 7.88. The van der Waals surface area contributed by atoms with Crippen LogP contribution in [-0.4, -0.2) is 53.3 Å². The number of carbonyl (C=O) groups is 1. The van der Waals surface area contributed by atoms with Crippen molar-refractivity contribution in [2.24, 2.45) is 5.73 Å². The summed E-state index contributed by atoms with van der Waals surface area (Å²) in [4.78, 5) is 17.9. The third-order valence-corrected chi connectivity index (χ3v) is 5.12. The Kier molecular flexibility index (Phi) is 11.3. The van der Waals surface area contributed by atoms with E-state index in [4.69, 9.17) is 15.2 Å². The van der Waals surface area contributed by atoms with E-state index in [1.165, 1.54) is 0 Å². The number of hydrogen-bond donors (Lipinski definition) is 2. The number of aryl methyl sites for hydroxylation is 1. The average Bonchev–Trinajstić information content (AvgIpc) is 2.82. The van der Waals surface area contributed by atoms with Gasteiger partial charge in [0.2, 0.25) is 5.88 Å². The number of aromatic nitrogens is 1. The number of aliphatic hydroxyl groups excluding tert-OH is 1. The largest absolute Gasteiger partial charge is 0.493 e. The average molecular weight is 486 g/mol. The number of para-hydroxylation sites is 1. The molecule has 1 aromatic heterocycles. The maximum Gasteiger partial charge on any atom is 0.252 e. The number of primary amides is 1. The molecule has 3 N–H and O–H groups in total. The van der Waals surface area contributed by atoms with Gasteiger partial charge in [-0.05, 0) is 37.1 Å². The van der Waals surface area contributed by atoms with Gasteiger partial charge in [-0.15, -0.1) is 12.4 Å². The second-order valence-corrected chi connectivity index (χ2v) is 7.87. The number of rotatable bonds is 13. The van der Waals surface area contributed by atoms with Gasteiger partial charge in [0.25, 0.3) is 5.91 Å². The number of carbonyl (C=O) groups excluding carboxylic acids is 1. The number of pyridine rings is 1. The summed E-state index contributed by atoms with van der Waals surface area (Å²) in [5, 5.41) is 10.6. The normalized spacial score (nSPS) is 11.5. The molecule has 1 atom stereocenters. The van der Waals surface area contributed by atoms with Crippen LogP contribution in [0, 0.1) is 6.92 Å². The molecule has 0 spiro atoms. The van der Waals surface area contributed by atoms with Crippen molar-refractivity contribution >= 4 is 18.3 Å². The standard InChI is InChI=1S/C26H31N3O4.ClH/c1-20-9-7-14-28-26(20)33-19-22(30)18-29(17-21-10-3-2-4-11-21)15-8-16-32-24-13-6-5-12-23(24)25(27)31;/h2-7,9-14,22,30H,8,15-19H2,1H3,(H2,27,31);1H. The summed E-state index contributed by atoms with van der Waals surface area (Å²) in [6, 6.07) is 20.8. The Bertz CT molecular complexity index is 1020. The van der Waals surface area contributed by atoms with Crippen LogP contribution >= 0.6 is 12.4 Å². The number of ether oxygens (including phenoxy) is 2. The van der Waals surface area contributed by atoms with Gasteiger partial charge >= 0.3 is 0 Å². The first-order valence-corrected chi connectivity index (χ1v) is 11.0. The highest BCUT2D eigenvalue weighted by molar-refractivity contribution is 5.95. The Morgan fingerprint density at radius 2 is 1.79 bits per heavy atom. The van der Waals surface area contributed by atoms with Crippen LogP contribution in [0.3, 0.4) is 0 Å². The highest BCUT2D eigenvalue weighted by Gasteiger charge is 2.15. The third kappa shape index (κ3) is 8.67. The van der Waals surface area contributed by atoms with Crippen LogP contribution in [0.1, 0.15) is 27.9 Å². The zero-order valence-electron chi connectivity index (χ0n) is 19.3. The van der Waals surface area contributed by atoms with E-state index in [1.54, 1.807) is 24.4 Å². The predicted molar refractivity (Wildman–Crippen MR) is 135 cm³/mol. The summed E-state index contributed by atoms with van der Waals surface area (Å²) in [5.74, 6) is 0.508. The quantitative estimate of drug-likeness (QED) is 0.359. The number of benzene rings is 2. The predicted octanol–water partition coefficient (Wildman–Crippen LogP) is 3.62. The fourth-order valence-corrected chi connectivity index (χ4v) is 3.49. The van der Waals surface area contributed by atoms with Gasteiger partial charge in [0.05, 0.1) is 12.2 Å².